The lowest BCUT2D eigenvalue weighted by Crippen LogP contribution is -2.34. The topological polar surface area (TPSA) is 93.1 Å². The lowest BCUT2D eigenvalue weighted by atomic mass is 10.2. The first-order chi connectivity index (χ1) is 13.4. The number of nitrogens with one attached hydrogen (secondary N) is 1. The maximum atomic E-state index is 11.8. The molecule has 0 aromatic carbocycles. The lowest BCUT2D eigenvalue weighted by molar-refractivity contribution is -0.127. The standard InChI is InChI=1S/C19H38N3O5P/c1-16(2)22(17(3)4)28(27-14-10-12-20)26-13-9-7-8-11-18(23)21-15-19(24-5)25-6/h16-17,19H,7-11,13-15H2,1-6H3,(H,21,23). The van der Waals surface area contributed by atoms with E-state index in [9.17, 15) is 4.79 Å². The number of nitrogens with zero attached hydrogens (tertiary/aromatic N) is 2. The van der Waals surface area contributed by atoms with Crippen LogP contribution in [0.2, 0.25) is 0 Å². The molecule has 0 heterocycles. The summed E-state index contributed by atoms with van der Waals surface area (Å²) >= 11 is 0. The summed E-state index contributed by atoms with van der Waals surface area (Å²) < 4.78 is 24.1. The van der Waals surface area contributed by atoms with E-state index in [0.29, 0.717) is 44.7 Å². The van der Waals surface area contributed by atoms with E-state index < -0.39 is 14.8 Å². The molecule has 0 radical (unpaired) electrons. The molecule has 0 fully saturated rings. The molecule has 0 spiro atoms. The normalized spacial score (nSPS) is 12.8. The fourth-order valence-electron chi connectivity index (χ4n) is 2.57. The van der Waals surface area contributed by atoms with Crippen molar-refractivity contribution >= 4 is 14.4 Å². The molecule has 0 bridgehead atoms. The fraction of sp³-hybridized carbons (Fsp3) is 0.895. The average molecular weight is 420 g/mol. The van der Waals surface area contributed by atoms with Gasteiger partial charge in [-0.1, -0.05) is 6.42 Å². The van der Waals surface area contributed by atoms with Gasteiger partial charge in [0.1, 0.15) is 0 Å². The molecule has 0 rings (SSSR count). The van der Waals surface area contributed by atoms with Gasteiger partial charge in [0.2, 0.25) is 5.91 Å². The molecule has 8 nitrogen and oxygen atoms in total. The second kappa shape index (κ2) is 17.1. The number of methoxy groups -OCH3 is 2. The maximum Gasteiger partial charge on any atom is 0.259 e. The van der Waals surface area contributed by atoms with Crippen molar-refractivity contribution in [2.24, 2.45) is 0 Å². The highest BCUT2D eigenvalue weighted by Crippen LogP contribution is 2.46. The first kappa shape index (κ1) is 27.2. The van der Waals surface area contributed by atoms with Gasteiger partial charge in [-0.05, 0) is 40.5 Å². The number of hydrogen-bond acceptors (Lipinski definition) is 7. The predicted octanol–water partition coefficient (Wildman–Crippen LogP) is 3.57. The minimum Gasteiger partial charge on any atom is -0.354 e. The summed E-state index contributed by atoms with van der Waals surface area (Å²) in [6, 6.07) is 2.68. The zero-order chi connectivity index (χ0) is 21.4. The maximum absolute atomic E-state index is 11.8. The van der Waals surface area contributed by atoms with Crippen LogP contribution in [-0.4, -0.2) is 62.9 Å². The van der Waals surface area contributed by atoms with Crippen molar-refractivity contribution in [2.75, 3.05) is 34.0 Å². The van der Waals surface area contributed by atoms with Gasteiger partial charge >= 0.3 is 0 Å². The van der Waals surface area contributed by atoms with Gasteiger partial charge in [0.05, 0.1) is 32.2 Å². The summed E-state index contributed by atoms with van der Waals surface area (Å²) in [5, 5.41) is 11.5. The van der Waals surface area contributed by atoms with Crippen molar-refractivity contribution in [1.29, 1.82) is 5.26 Å². The Morgan fingerprint density at radius 1 is 1.04 bits per heavy atom. The first-order valence-corrected chi connectivity index (χ1v) is 11.0. The zero-order valence-electron chi connectivity index (χ0n) is 18.3. The second-order valence-electron chi connectivity index (χ2n) is 6.90. The summed E-state index contributed by atoms with van der Waals surface area (Å²) in [7, 11) is 1.89. The zero-order valence-corrected chi connectivity index (χ0v) is 19.2. The Kier molecular flexibility index (Phi) is 16.6. The van der Waals surface area contributed by atoms with E-state index in [0.717, 1.165) is 19.3 Å². The Balaban J connectivity index is 4.15. The number of unbranched alkanes of at least 4 members (excludes halogenated alkanes) is 2. The van der Waals surface area contributed by atoms with Crippen LogP contribution in [0.3, 0.4) is 0 Å². The SMILES string of the molecule is COC(CNC(=O)CCCCCOP(OCCC#N)N(C(C)C)C(C)C)OC. The van der Waals surface area contributed by atoms with Crippen LogP contribution in [0.1, 0.15) is 59.8 Å². The summed E-state index contributed by atoms with van der Waals surface area (Å²) in [6.45, 7) is 9.75. The monoisotopic (exact) mass is 419 g/mol. The van der Waals surface area contributed by atoms with Crippen molar-refractivity contribution in [3.63, 3.8) is 0 Å². The third-order valence-corrected chi connectivity index (χ3v) is 6.01. The van der Waals surface area contributed by atoms with Crippen LogP contribution in [0.25, 0.3) is 0 Å². The predicted molar refractivity (Wildman–Crippen MR) is 110 cm³/mol. The van der Waals surface area contributed by atoms with Crippen molar-refractivity contribution in [2.45, 2.75) is 78.2 Å². The summed E-state index contributed by atoms with van der Waals surface area (Å²) in [5.41, 5.74) is 0. The molecule has 28 heavy (non-hydrogen) atoms. The third-order valence-electron chi connectivity index (χ3n) is 3.90. The molecule has 164 valence electrons. The number of hydrogen-bond donors (Lipinski definition) is 1. The molecule has 0 aliphatic heterocycles. The highest BCUT2D eigenvalue weighted by atomic mass is 31.2. The molecular formula is C19H38N3O5P. The Morgan fingerprint density at radius 2 is 1.64 bits per heavy atom. The molecular weight excluding hydrogens is 381 g/mol. The van der Waals surface area contributed by atoms with Crippen LogP contribution in [0, 0.1) is 11.3 Å². The molecule has 0 aliphatic carbocycles. The molecule has 1 atom stereocenters. The quantitative estimate of drug-likeness (QED) is 0.219. The first-order valence-electron chi connectivity index (χ1n) is 9.90. The molecule has 1 N–H and O–H groups in total. The molecule has 1 unspecified atom stereocenters. The van der Waals surface area contributed by atoms with Gasteiger partial charge in [-0.2, -0.15) is 5.26 Å². The van der Waals surface area contributed by atoms with E-state index in [1.165, 1.54) is 0 Å². The smallest absolute Gasteiger partial charge is 0.259 e. The van der Waals surface area contributed by atoms with Crippen molar-refractivity contribution < 1.29 is 23.3 Å². The van der Waals surface area contributed by atoms with Gasteiger partial charge in [0, 0.05) is 32.7 Å². The Labute approximate surface area is 171 Å². The van der Waals surface area contributed by atoms with Gasteiger partial charge in [-0.25, -0.2) is 4.67 Å². The van der Waals surface area contributed by atoms with Crippen LogP contribution in [-0.2, 0) is 23.3 Å². The minimum atomic E-state index is -1.19. The van der Waals surface area contributed by atoms with Gasteiger partial charge in [-0.15, -0.1) is 0 Å². The van der Waals surface area contributed by atoms with E-state index in [1.807, 2.05) is 0 Å². The Hall–Kier alpha value is -0.810. The molecule has 0 saturated carbocycles. The molecule has 0 aliphatic rings. The highest BCUT2D eigenvalue weighted by Gasteiger charge is 2.26. The van der Waals surface area contributed by atoms with E-state index in [1.54, 1.807) is 14.2 Å². The fourth-order valence-corrected chi connectivity index (χ4v) is 4.20. The van der Waals surface area contributed by atoms with Crippen LogP contribution in [0.15, 0.2) is 0 Å². The largest absolute Gasteiger partial charge is 0.354 e. The number of carbonyl (C=O) groups is 1. The molecule has 0 saturated heterocycles. The van der Waals surface area contributed by atoms with Crippen molar-refractivity contribution in [3.05, 3.63) is 0 Å². The number of carbonyl (C=O) groups excluding carboxylic acids is 1. The van der Waals surface area contributed by atoms with Gasteiger partial charge < -0.3 is 23.8 Å². The third kappa shape index (κ3) is 12.6. The summed E-state index contributed by atoms with van der Waals surface area (Å²) in [5.74, 6) is -0.00658. The van der Waals surface area contributed by atoms with Crippen LogP contribution < -0.4 is 5.32 Å². The van der Waals surface area contributed by atoms with Gasteiger partial charge in [0.25, 0.3) is 8.53 Å². The summed E-state index contributed by atoms with van der Waals surface area (Å²) in [6.07, 6.45) is 2.96. The second-order valence-corrected chi connectivity index (χ2v) is 8.35. The van der Waals surface area contributed by atoms with E-state index >= 15 is 0 Å². The molecule has 9 heteroatoms. The molecule has 0 aromatic heterocycles. The Bertz CT molecular complexity index is 434. The van der Waals surface area contributed by atoms with Crippen molar-refractivity contribution in [3.8, 4) is 6.07 Å². The van der Waals surface area contributed by atoms with Crippen LogP contribution >= 0.6 is 8.53 Å². The Morgan fingerprint density at radius 3 is 2.18 bits per heavy atom. The van der Waals surface area contributed by atoms with Gasteiger partial charge in [0.15, 0.2) is 6.29 Å². The molecule has 0 aromatic rings. The van der Waals surface area contributed by atoms with E-state index in [2.05, 4.69) is 43.8 Å². The molecule has 1 amide bonds. The average Bonchev–Trinajstić information content (AvgIpc) is 2.64. The van der Waals surface area contributed by atoms with Gasteiger partial charge in [-0.3, -0.25) is 4.79 Å². The van der Waals surface area contributed by atoms with Crippen molar-refractivity contribution in [1.82, 2.24) is 9.99 Å². The minimum absolute atomic E-state index is 0.00658. The number of amides is 1. The van der Waals surface area contributed by atoms with E-state index in [4.69, 9.17) is 23.8 Å². The lowest BCUT2D eigenvalue weighted by Gasteiger charge is -2.35. The van der Waals surface area contributed by atoms with E-state index in [-0.39, 0.29) is 5.91 Å². The number of nitriles is 1. The highest BCUT2D eigenvalue weighted by molar-refractivity contribution is 7.44. The number of rotatable bonds is 17. The van der Waals surface area contributed by atoms with Crippen LogP contribution in [0.4, 0.5) is 0 Å². The van der Waals surface area contributed by atoms with Crippen LogP contribution in [0.5, 0.6) is 0 Å². The summed E-state index contributed by atoms with van der Waals surface area (Å²) in [4.78, 5) is 11.8. The number of ether oxygens (including phenoxy) is 2.